The van der Waals surface area contributed by atoms with Gasteiger partial charge in [-0.25, -0.2) is 0 Å². The molecule has 1 amide bonds. The van der Waals surface area contributed by atoms with Crippen molar-refractivity contribution in [3.05, 3.63) is 66.1 Å². The number of H-pyrrole nitrogens is 1. The van der Waals surface area contributed by atoms with Gasteiger partial charge in [0.25, 0.3) is 5.91 Å². The van der Waals surface area contributed by atoms with E-state index in [0.717, 1.165) is 16.6 Å². The van der Waals surface area contributed by atoms with Crippen molar-refractivity contribution >= 4 is 16.8 Å². The third kappa shape index (κ3) is 3.76. The van der Waals surface area contributed by atoms with Crippen LogP contribution in [0.25, 0.3) is 10.9 Å². The molecule has 118 valence electrons. The summed E-state index contributed by atoms with van der Waals surface area (Å²) in [7, 11) is 0. The number of carbonyl (C=O) groups is 1. The summed E-state index contributed by atoms with van der Waals surface area (Å²) in [5, 5.41) is 13.5. The minimum atomic E-state index is -0.138. The van der Waals surface area contributed by atoms with Gasteiger partial charge in [0.1, 0.15) is 0 Å². The Morgan fingerprint density at radius 1 is 1.26 bits per heavy atom. The van der Waals surface area contributed by atoms with Crippen molar-refractivity contribution in [1.29, 1.82) is 0 Å². The summed E-state index contributed by atoms with van der Waals surface area (Å²) in [5.74, 6) is -0.191. The molecule has 3 N–H and O–H groups in total. The minimum Gasteiger partial charge on any atom is -0.396 e. The zero-order valence-electron chi connectivity index (χ0n) is 12.7. The maximum absolute atomic E-state index is 12.3. The van der Waals surface area contributed by atoms with E-state index >= 15 is 0 Å². The number of rotatable bonds is 6. The summed E-state index contributed by atoms with van der Waals surface area (Å²) in [6.45, 7) is 0.418. The van der Waals surface area contributed by atoms with Crippen molar-refractivity contribution in [3.63, 3.8) is 0 Å². The van der Waals surface area contributed by atoms with E-state index in [4.69, 9.17) is 0 Å². The second-order valence-electron chi connectivity index (χ2n) is 5.56. The van der Waals surface area contributed by atoms with Crippen LogP contribution in [0.15, 0.2) is 54.9 Å². The quantitative estimate of drug-likeness (QED) is 0.653. The summed E-state index contributed by atoms with van der Waals surface area (Å²) in [6, 6.07) is 13.2. The monoisotopic (exact) mass is 309 g/mol. The first-order valence-corrected chi connectivity index (χ1v) is 7.62. The number of hydrogen-bond donors (Lipinski definition) is 3. The van der Waals surface area contributed by atoms with E-state index in [-0.39, 0.29) is 18.4 Å². The first kappa shape index (κ1) is 15.2. The number of benzene rings is 1. The van der Waals surface area contributed by atoms with E-state index in [0.29, 0.717) is 18.5 Å². The molecule has 5 nitrogen and oxygen atoms in total. The third-order valence-corrected chi connectivity index (χ3v) is 3.85. The van der Waals surface area contributed by atoms with E-state index in [2.05, 4.69) is 15.3 Å². The fraction of sp³-hybridized carbons (Fsp3) is 0.222. The highest BCUT2D eigenvalue weighted by molar-refractivity contribution is 5.97. The normalized spacial score (nSPS) is 12.2. The molecule has 1 atom stereocenters. The van der Waals surface area contributed by atoms with Gasteiger partial charge in [0.2, 0.25) is 0 Å². The molecule has 1 aromatic carbocycles. The van der Waals surface area contributed by atoms with E-state index in [1.54, 1.807) is 12.3 Å². The molecular weight excluding hydrogens is 290 g/mol. The number of aliphatic hydroxyl groups excluding tert-OH is 1. The van der Waals surface area contributed by atoms with E-state index in [1.807, 2.05) is 42.6 Å². The van der Waals surface area contributed by atoms with Crippen LogP contribution in [-0.4, -0.2) is 34.1 Å². The van der Waals surface area contributed by atoms with Crippen LogP contribution in [0.1, 0.15) is 16.1 Å². The zero-order valence-corrected chi connectivity index (χ0v) is 12.7. The number of aliphatic hydroxyl groups is 1. The van der Waals surface area contributed by atoms with Crippen LogP contribution in [0, 0.1) is 5.92 Å². The van der Waals surface area contributed by atoms with Crippen molar-refractivity contribution in [2.45, 2.75) is 6.42 Å². The molecule has 3 rings (SSSR count). The van der Waals surface area contributed by atoms with Crippen LogP contribution in [0.5, 0.6) is 0 Å². The average Bonchev–Trinajstić information content (AvgIpc) is 3.06. The van der Waals surface area contributed by atoms with Crippen LogP contribution < -0.4 is 5.32 Å². The molecule has 0 aliphatic heterocycles. The topological polar surface area (TPSA) is 78.0 Å². The van der Waals surface area contributed by atoms with Gasteiger partial charge in [-0.1, -0.05) is 12.1 Å². The predicted molar refractivity (Wildman–Crippen MR) is 89.1 cm³/mol. The number of nitrogens with one attached hydrogen (secondary N) is 2. The number of amides is 1. The van der Waals surface area contributed by atoms with Gasteiger partial charge in [-0.3, -0.25) is 9.78 Å². The van der Waals surface area contributed by atoms with Crippen molar-refractivity contribution in [2.24, 2.45) is 5.92 Å². The molecule has 0 saturated heterocycles. The lowest BCUT2D eigenvalue weighted by Gasteiger charge is -2.14. The molecule has 0 aliphatic rings. The number of fused-ring (bicyclic) bond motifs is 1. The van der Waals surface area contributed by atoms with Crippen molar-refractivity contribution in [2.75, 3.05) is 13.2 Å². The zero-order chi connectivity index (χ0) is 16.1. The van der Waals surface area contributed by atoms with Gasteiger partial charge in [0, 0.05) is 48.2 Å². The minimum absolute atomic E-state index is 0.00647. The molecule has 0 saturated carbocycles. The van der Waals surface area contributed by atoms with Crippen LogP contribution in [0.2, 0.25) is 0 Å². The number of hydrogen-bond acceptors (Lipinski definition) is 3. The molecule has 2 heterocycles. The molecule has 2 aromatic heterocycles. The Morgan fingerprint density at radius 3 is 2.96 bits per heavy atom. The first-order chi connectivity index (χ1) is 11.3. The van der Waals surface area contributed by atoms with Crippen molar-refractivity contribution in [3.8, 4) is 0 Å². The molecule has 0 radical (unpaired) electrons. The first-order valence-electron chi connectivity index (χ1n) is 7.62. The van der Waals surface area contributed by atoms with Crippen LogP contribution in [0.4, 0.5) is 0 Å². The van der Waals surface area contributed by atoms with Crippen LogP contribution in [0.3, 0.4) is 0 Å². The maximum Gasteiger partial charge on any atom is 0.251 e. The summed E-state index contributed by atoms with van der Waals surface area (Å²) >= 11 is 0. The molecular formula is C18H19N3O2. The Morgan fingerprint density at radius 2 is 2.17 bits per heavy atom. The SMILES string of the molecule is O=C(NC[C@H](CO)Cc1ccccn1)c1ccc2cc[nH]c2c1. The molecule has 0 fully saturated rings. The Hall–Kier alpha value is -2.66. The molecule has 23 heavy (non-hydrogen) atoms. The summed E-state index contributed by atoms with van der Waals surface area (Å²) in [4.78, 5) is 19.6. The molecule has 0 spiro atoms. The molecule has 3 aromatic rings. The predicted octanol–water partition coefficient (Wildman–Crippen LogP) is 2.14. The van der Waals surface area contributed by atoms with Gasteiger partial charge in [0.05, 0.1) is 0 Å². The van der Waals surface area contributed by atoms with Gasteiger partial charge in [-0.15, -0.1) is 0 Å². The fourth-order valence-corrected chi connectivity index (χ4v) is 2.54. The second-order valence-corrected chi connectivity index (χ2v) is 5.56. The number of nitrogens with zero attached hydrogens (tertiary/aromatic N) is 1. The highest BCUT2D eigenvalue weighted by Gasteiger charge is 2.12. The highest BCUT2D eigenvalue weighted by atomic mass is 16.3. The lowest BCUT2D eigenvalue weighted by Crippen LogP contribution is -2.32. The fourth-order valence-electron chi connectivity index (χ4n) is 2.54. The molecule has 5 heteroatoms. The largest absolute Gasteiger partial charge is 0.396 e. The Labute approximate surface area is 134 Å². The summed E-state index contributed by atoms with van der Waals surface area (Å²) in [5.41, 5.74) is 2.45. The average molecular weight is 309 g/mol. The number of aromatic nitrogens is 2. The van der Waals surface area contributed by atoms with E-state index in [1.165, 1.54) is 0 Å². The summed E-state index contributed by atoms with van der Waals surface area (Å²) < 4.78 is 0. The van der Waals surface area contributed by atoms with Crippen LogP contribution >= 0.6 is 0 Å². The van der Waals surface area contributed by atoms with Crippen molar-refractivity contribution < 1.29 is 9.90 Å². The Balaban J connectivity index is 1.60. The number of aromatic amines is 1. The lowest BCUT2D eigenvalue weighted by atomic mass is 10.0. The highest BCUT2D eigenvalue weighted by Crippen LogP contribution is 2.14. The van der Waals surface area contributed by atoms with Gasteiger partial charge >= 0.3 is 0 Å². The standard InChI is InChI=1S/C18H19N3O2/c22-12-13(9-16-3-1-2-7-19-16)11-21-18(23)15-5-4-14-6-8-20-17(14)10-15/h1-8,10,13,20,22H,9,11-12H2,(H,21,23)/t13-/m1/s1. The molecule has 0 bridgehead atoms. The van der Waals surface area contributed by atoms with E-state index in [9.17, 15) is 9.90 Å². The van der Waals surface area contributed by atoms with Gasteiger partial charge in [0.15, 0.2) is 0 Å². The van der Waals surface area contributed by atoms with Crippen LogP contribution in [-0.2, 0) is 6.42 Å². The summed E-state index contributed by atoms with van der Waals surface area (Å²) in [6.07, 6.45) is 4.21. The Kier molecular flexibility index (Phi) is 4.68. The van der Waals surface area contributed by atoms with Gasteiger partial charge in [-0.05, 0) is 42.1 Å². The van der Waals surface area contributed by atoms with E-state index < -0.39 is 0 Å². The maximum atomic E-state index is 12.3. The number of pyridine rings is 1. The second kappa shape index (κ2) is 7.07. The van der Waals surface area contributed by atoms with Gasteiger partial charge < -0.3 is 15.4 Å². The van der Waals surface area contributed by atoms with Gasteiger partial charge in [-0.2, -0.15) is 0 Å². The Bertz CT molecular complexity index is 783. The molecule has 0 aliphatic carbocycles. The van der Waals surface area contributed by atoms with Crippen molar-refractivity contribution in [1.82, 2.24) is 15.3 Å². The number of carbonyl (C=O) groups excluding carboxylic acids is 1. The third-order valence-electron chi connectivity index (χ3n) is 3.85. The molecule has 0 unspecified atom stereocenters. The lowest BCUT2D eigenvalue weighted by molar-refractivity contribution is 0.0940. The smallest absolute Gasteiger partial charge is 0.251 e.